The second-order valence-corrected chi connectivity index (χ2v) is 9.33. The molecular weight excluding hydrogens is 450 g/mol. The zero-order valence-corrected chi connectivity index (χ0v) is 20.5. The molecule has 0 saturated carbocycles. The van der Waals surface area contributed by atoms with E-state index in [1.807, 2.05) is 79.4 Å². The minimum absolute atomic E-state index is 0.133. The third-order valence-electron chi connectivity index (χ3n) is 7.29. The summed E-state index contributed by atoms with van der Waals surface area (Å²) in [6.45, 7) is 5.81. The van der Waals surface area contributed by atoms with Gasteiger partial charge < -0.3 is 9.64 Å². The highest BCUT2D eigenvalue weighted by molar-refractivity contribution is 6.06. The average Bonchev–Trinajstić information content (AvgIpc) is 3.20. The summed E-state index contributed by atoms with van der Waals surface area (Å²) >= 11 is 0. The molecule has 3 heterocycles. The van der Waals surface area contributed by atoms with Crippen molar-refractivity contribution >= 4 is 23.5 Å². The van der Waals surface area contributed by atoms with E-state index in [1.165, 1.54) is 0 Å². The summed E-state index contributed by atoms with van der Waals surface area (Å²) in [7, 11) is 0. The number of carbonyl (C=O) groups excluding carboxylic acids is 2. The number of anilines is 1. The number of aryl methyl sites for hydroxylation is 2. The second-order valence-electron chi connectivity index (χ2n) is 9.33. The quantitative estimate of drug-likeness (QED) is 0.379. The van der Waals surface area contributed by atoms with Crippen LogP contribution in [-0.4, -0.2) is 35.4 Å². The van der Waals surface area contributed by atoms with Crippen molar-refractivity contribution in [2.45, 2.75) is 38.8 Å². The maximum Gasteiger partial charge on any atom is 0.329 e. The molecule has 0 bridgehead atoms. The van der Waals surface area contributed by atoms with Crippen molar-refractivity contribution < 1.29 is 14.3 Å². The van der Waals surface area contributed by atoms with Crippen LogP contribution in [0.25, 0.3) is 6.08 Å². The van der Waals surface area contributed by atoms with Gasteiger partial charge in [-0.3, -0.25) is 14.6 Å². The van der Waals surface area contributed by atoms with Gasteiger partial charge in [0.15, 0.2) is 11.2 Å². The minimum atomic E-state index is -1.64. The molecule has 1 fully saturated rings. The van der Waals surface area contributed by atoms with E-state index in [4.69, 9.17) is 4.74 Å². The lowest BCUT2D eigenvalue weighted by atomic mass is 9.67. The van der Waals surface area contributed by atoms with E-state index >= 15 is 0 Å². The Labute approximate surface area is 210 Å². The number of ether oxygens (including phenoxy) is 1. The fraction of sp³-hybridized carbons (Fsp3) is 0.267. The van der Waals surface area contributed by atoms with Crippen LogP contribution in [0.15, 0.2) is 72.9 Å². The number of nitrogens with zero attached hydrogens (tertiary/aromatic N) is 3. The van der Waals surface area contributed by atoms with Crippen LogP contribution in [0, 0.1) is 30.6 Å². The first-order chi connectivity index (χ1) is 17.4. The molecule has 3 aromatic rings. The fourth-order valence-corrected chi connectivity index (χ4v) is 5.79. The van der Waals surface area contributed by atoms with E-state index in [-0.39, 0.29) is 12.4 Å². The van der Waals surface area contributed by atoms with Crippen LogP contribution in [-0.2, 0) is 9.53 Å². The lowest BCUT2D eigenvalue weighted by Gasteiger charge is -2.35. The zero-order valence-electron chi connectivity index (χ0n) is 20.5. The van der Waals surface area contributed by atoms with Gasteiger partial charge in [0, 0.05) is 17.7 Å². The number of hydrogen-bond donors (Lipinski definition) is 0. The SMILES string of the molecule is CCOC(=O)[C@]1(C#N)[C@H](c2ccc(C)cc2C)[C@H](C(=O)c2ccccc2)N2c3cccnc3C=C[C@H]21. The van der Waals surface area contributed by atoms with Crippen molar-refractivity contribution in [2.24, 2.45) is 5.41 Å². The van der Waals surface area contributed by atoms with Crippen LogP contribution < -0.4 is 4.90 Å². The smallest absolute Gasteiger partial charge is 0.329 e. The third-order valence-corrected chi connectivity index (χ3v) is 7.29. The summed E-state index contributed by atoms with van der Waals surface area (Å²) in [4.78, 5) is 34.5. The molecule has 180 valence electrons. The number of benzene rings is 2. The van der Waals surface area contributed by atoms with Crippen molar-refractivity contribution in [3.05, 3.63) is 101 Å². The molecule has 0 amide bonds. The number of nitriles is 1. The predicted molar refractivity (Wildman–Crippen MR) is 137 cm³/mol. The summed E-state index contributed by atoms with van der Waals surface area (Å²) in [5.74, 6) is -1.54. The zero-order chi connectivity index (χ0) is 25.4. The Bertz CT molecular complexity index is 1410. The largest absolute Gasteiger partial charge is 0.465 e. The van der Waals surface area contributed by atoms with Gasteiger partial charge in [0.2, 0.25) is 0 Å². The first-order valence-corrected chi connectivity index (χ1v) is 12.1. The topological polar surface area (TPSA) is 83.3 Å². The summed E-state index contributed by atoms with van der Waals surface area (Å²) in [6, 6.07) is 19.5. The molecule has 6 nitrogen and oxygen atoms in total. The van der Waals surface area contributed by atoms with E-state index < -0.39 is 29.4 Å². The number of carbonyl (C=O) groups is 2. The minimum Gasteiger partial charge on any atom is -0.465 e. The monoisotopic (exact) mass is 477 g/mol. The van der Waals surface area contributed by atoms with E-state index in [1.54, 1.807) is 25.3 Å². The van der Waals surface area contributed by atoms with Crippen molar-refractivity contribution in [2.75, 3.05) is 11.5 Å². The molecule has 4 atom stereocenters. The number of Topliss-reactive ketones (excluding diaryl/α,β-unsaturated/α-hetero) is 1. The van der Waals surface area contributed by atoms with Crippen LogP contribution in [0.1, 0.15) is 45.6 Å². The number of hydrogen-bond acceptors (Lipinski definition) is 6. The van der Waals surface area contributed by atoms with Gasteiger partial charge in [-0.25, -0.2) is 0 Å². The highest BCUT2D eigenvalue weighted by atomic mass is 16.5. The molecule has 5 rings (SSSR count). The van der Waals surface area contributed by atoms with Gasteiger partial charge in [-0.05, 0) is 50.1 Å². The van der Waals surface area contributed by atoms with Crippen LogP contribution in [0.5, 0.6) is 0 Å². The molecule has 0 spiro atoms. The molecule has 1 aromatic heterocycles. The van der Waals surface area contributed by atoms with Gasteiger partial charge in [0.05, 0.1) is 30.1 Å². The normalized spacial score (nSPS) is 23.9. The Morgan fingerprint density at radius 3 is 2.58 bits per heavy atom. The summed E-state index contributed by atoms with van der Waals surface area (Å²) in [6.07, 6.45) is 5.35. The maximum absolute atomic E-state index is 14.3. The van der Waals surface area contributed by atoms with Crippen LogP contribution >= 0.6 is 0 Å². The standard InChI is InChI=1S/C30H27N3O3/c1-4-36-29(35)30(18-31)25-15-14-23-24(11-8-16-32-23)33(25)27(28(34)21-9-6-5-7-10-21)26(30)22-13-12-19(2)17-20(22)3/h5-17,25-27H,4H2,1-3H3/t25-,26+,27+,30-/m0/s1. The Morgan fingerprint density at radius 2 is 1.89 bits per heavy atom. The Balaban J connectivity index is 1.84. The average molecular weight is 478 g/mol. The Kier molecular flexibility index (Phi) is 5.93. The predicted octanol–water partition coefficient (Wildman–Crippen LogP) is 5.02. The molecule has 2 aliphatic heterocycles. The summed E-state index contributed by atoms with van der Waals surface area (Å²) in [5.41, 5.74) is 3.06. The van der Waals surface area contributed by atoms with Crippen LogP contribution in [0.2, 0.25) is 0 Å². The fourth-order valence-electron chi connectivity index (χ4n) is 5.79. The molecule has 2 aliphatic rings. The maximum atomic E-state index is 14.3. The number of fused-ring (bicyclic) bond motifs is 3. The third kappa shape index (κ3) is 3.43. The van der Waals surface area contributed by atoms with Gasteiger partial charge in [0.25, 0.3) is 0 Å². The first kappa shape index (κ1) is 23.5. The number of pyridine rings is 1. The second kappa shape index (κ2) is 9.09. The van der Waals surface area contributed by atoms with E-state index in [0.29, 0.717) is 11.3 Å². The molecule has 1 saturated heterocycles. The number of ketones is 1. The molecule has 2 aromatic carbocycles. The van der Waals surface area contributed by atoms with Gasteiger partial charge in [-0.1, -0.05) is 60.2 Å². The molecule has 0 N–H and O–H groups in total. The molecule has 6 heteroatoms. The van der Waals surface area contributed by atoms with Crippen molar-refractivity contribution in [1.29, 1.82) is 5.26 Å². The Hall–Kier alpha value is -4.24. The highest BCUT2D eigenvalue weighted by Crippen LogP contribution is 2.56. The molecule has 0 radical (unpaired) electrons. The summed E-state index contributed by atoms with van der Waals surface area (Å²) in [5, 5.41) is 10.8. The summed E-state index contributed by atoms with van der Waals surface area (Å²) < 4.78 is 5.56. The lowest BCUT2D eigenvalue weighted by molar-refractivity contribution is -0.152. The van der Waals surface area contributed by atoms with Crippen molar-refractivity contribution in [3.8, 4) is 6.07 Å². The number of rotatable bonds is 5. The van der Waals surface area contributed by atoms with Gasteiger partial charge in [-0.15, -0.1) is 0 Å². The van der Waals surface area contributed by atoms with E-state index in [0.717, 1.165) is 22.4 Å². The molecule has 0 unspecified atom stereocenters. The molecule has 36 heavy (non-hydrogen) atoms. The number of esters is 1. The first-order valence-electron chi connectivity index (χ1n) is 12.1. The van der Waals surface area contributed by atoms with Crippen molar-refractivity contribution in [1.82, 2.24) is 4.98 Å². The van der Waals surface area contributed by atoms with Gasteiger partial charge >= 0.3 is 5.97 Å². The lowest BCUT2D eigenvalue weighted by Crippen LogP contribution is -2.47. The van der Waals surface area contributed by atoms with Crippen LogP contribution in [0.4, 0.5) is 5.69 Å². The van der Waals surface area contributed by atoms with Gasteiger partial charge in [0.1, 0.15) is 6.04 Å². The molecule has 0 aliphatic carbocycles. The van der Waals surface area contributed by atoms with Gasteiger partial charge in [-0.2, -0.15) is 5.26 Å². The van der Waals surface area contributed by atoms with Crippen LogP contribution in [0.3, 0.4) is 0 Å². The number of aromatic nitrogens is 1. The highest BCUT2D eigenvalue weighted by Gasteiger charge is 2.67. The molecular formula is C30H27N3O3. The van der Waals surface area contributed by atoms with E-state index in [9.17, 15) is 14.9 Å². The Morgan fingerprint density at radius 1 is 1.11 bits per heavy atom. The van der Waals surface area contributed by atoms with Crippen molar-refractivity contribution in [3.63, 3.8) is 0 Å². The van der Waals surface area contributed by atoms with E-state index in [2.05, 4.69) is 11.1 Å².